The fourth-order valence-corrected chi connectivity index (χ4v) is 4.79. The molecule has 2 N–H and O–H groups in total. The van der Waals surface area contributed by atoms with Gasteiger partial charge in [0.15, 0.2) is 0 Å². The summed E-state index contributed by atoms with van der Waals surface area (Å²) < 4.78 is 5.35. The lowest BCUT2D eigenvalue weighted by molar-refractivity contribution is -0.139. The lowest BCUT2D eigenvalue weighted by Gasteiger charge is -2.45. The Hall–Kier alpha value is -1.69. The molecular formula is C23H33NO4. The number of hydrogen-bond acceptors (Lipinski definition) is 4. The van der Waals surface area contributed by atoms with E-state index in [0.29, 0.717) is 38.6 Å². The first-order chi connectivity index (χ1) is 13.5. The molecule has 1 aliphatic carbocycles. The van der Waals surface area contributed by atoms with Gasteiger partial charge in [0.05, 0.1) is 19.8 Å². The van der Waals surface area contributed by atoms with Gasteiger partial charge in [-0.2, -0.15) is 0 Å². The number of amides is 1. The second kappa shape index (κ2) is 9.21. The molecule has 0 spiro atoms. The molecule has 154 valence electrons. The average Bonchev–Trinajstić information content (AvgIpc) is 2.74. The number of morpholine rings is 1. The standard InChI is InChI=1S/C23H33NO4/c1-17(2)20-7-8-23(16-26,14-22(27)24-9-11-28-12-10-24)13-21(20)19-5-3-18(15-25)4-6-19/h3-6,20-21,25-26H,1,7-16H2,2H3/t20-,21-,23-/m0/s1. The third-order valence-electron chi connectivity index (χ3n) is 6.57. The van der Waals surface area contributed by atoms with E-state index in [1.165, 1.54) is 5.56 Å². The molecule has 0 unspecified atom stereocenters. The predicted octanol–water partition coefficient (Wildman–Crippen LogP) is 2.87. The number of aliphatic hydroxyl groups excluding tert-OH is 2. The van der Waals surface area contributed by atoms with Crippen molar-refractivity contribution in [3.05, 3.63) is 47.5 Å². The van der Waals surface area contributed by atoms with Crippen LogP contribution in [0.25, 0.3) is 0 Å². The van der Waals surface area contributed by atoms with Gasteiger partial charge in [-0.25, -0.2) is 0 Å². The summed E-state index contributed by atoms with van der Waals surface area (Å²) in [5.74, 6) is 0.697. The summed E-state index contributed by atoms with van der Waals surface area (Å²) in [5.41, 5.74) is 2.85. The zero-order chi connectivity index (χ0) is 20.1. The minimum Gasteiger partial charge on any atom is -0.396 e. The smallest absolute Gasteiger partial charge is 0.223 e. The molecule has 2 aliphatic rings. The van der Waals surface area contributed by atoms with Gasteiger partial charge in [0.1, 0.15) is 0 Å². The van der Waals surface area contributed by atoms with Crippen molar-refractivity contribution in [3.63, 3.8) is 0 Å². The van der Waals surface area contributed by atoms with Crippen molar-refractivity contribution in [2.45, 2.75) is 45.1 Å². The van der Waals surface area contributed by atoms with Gasteiger partial charge in [-0.3, -0.25) is 4.79 Å². The Morgan fingerprint density at radius 3 is 2.50 bits per heavy atom. The first-order valence-electron chi connectivity index (χ1n) is 10.3. The van der Waals surface area contributed by atoms with Gasteiger partial charge in [0, 0.05) is 31.5 Å². The zero-order valence-electron chi connectivity index (χ0n) is 16.9. The highest BCUT2D eigenvalue weighted by Gasteiger charge is 2.43. The van der Waals surface area contributed by atoms with Crippen molar-refractivity contribution in [1.82, 2.24) is 4.90 Å². The highest BCUT2D eigenvalue weighted by atomic mass is 16.5. The van der Waals surface area contributed by atoms with Crippen LogP contribution in [0.4, 0.5) is 0 Å². The van der Waals surface area contributed by atoms with Crippen LogP contribution >= 0.6 is 0 Å². The van der Waals surface area contributed by atoms with E-state index in [0.717, 1.165) is 30.4 Å². The number of allylic oxidation sites excluding steroid dienone is 1. The molecule has 1 saturated carbocycles. The molecular weight excluding hydrogens is 354 g/mol. The van der Waals surface area contributed by atoms with E-state index < -0.39 is 0 Å². The van der Waals surface area contributed by atoms with Gasteiger partial charge in [0.2, 0.25) is 5.91 Å². The molecule has 2 fully saturated rings. The fourth-order valence-electron chi connectivity index (χ4n) is 4.79. The van der Waals surface area contributed by atoms with Gasteiger partial charge in [0.25, 0.3) is 0 Å². The van der Waals surface area contributed by atoms with Crippen LogP contribution in [0, 0.1) is 11.3 Å². The monoisotopic (exact) mass is 387 g/mol. The Morgan fingerprint density at radius 2 is 1.93 bits per heavy atom. The van der Waals surface area contributed by atoms with Gasteiger partial charge in [-0.15, -0.1) is 0 Å². The average molecular weight is 388 g/mol. The van der Waals surface area contributed by atoms with Crippen LogP contribution in [0.15, 0.2) is 36.4 Å². The van der Waals surface area contributed by atoms with E-state index in [2.05, 4.69) is 25.6 Å². The fraction of sp³-hybridized carbons (Fsp3) is 0.609. The van der Waals surface area contributed by atoms with Crippen molar-refractivity contribution in [3.8, 4) is 0 Å². The Bertz CT molecular complexity index is 680. The van der Waals surface area contributed by atoms with Crippen LogP contribution in [0.3, 0.4) is 0 Å². The Kier molecular flexibility index (Phi) is 6.91. The second-order valence-electron chi connectivity index (χ2n) is 8.53. The van der Waals surface area contributed by atoms with Crippen molar-refractivity contribution in [2.24, 2.45) is 11.3 Å². The van der Waals surface area contributed by atoms with Crippen molar-refractivity contribution < 1.29 is 19.7 Å². The Labute approximate surface area is 168 Å². The summed E-state index contributed by atoms with van der Waals surface area (Å²) >= 11 is 0. The first kappa shape index (κ1) is 21.0. The molecule has 1 amide bonds. The van der Waals surface area contributed by atoms with Gasteiger partial charge < -0.3 is 19.8 Å². The summed E-state index contributed by atoms with van der Waals surface area (Å²) in [4.78, 5) is 14.8. The lowest BCUT2D eigenvalue weighted by atomic mass is 9.61. The van der Waals surface area contributed by atoms with Crippen LogP contribution < -0.4 is 0 Å². The first-order valence-corrected chi connectivity index (χ1v) is 10.3. The molecule has 0 aromatic heterocycles. The predicted molar refractivity (Wildman–Crippen MR) is 109 cm³/mol. The quantitative estimate of drug-likeness (QED) is 0.737. The normalized spacial score (nSPS) is 28.2. The molecule has 3 rings (SSSR count). The molecule has 1 aromatic carbocycles. The van der Waals surface area contributed by atoms with E-state index >= 15 is 0 Å². The SMILES string of the molecule is C=C(C)[C@@H]1CC[C@@](CO)(CC(=O)N2CCOCC2)C[C@H]1c1ccc(CO)cc1. The maximum absolute atomic E-state index is 12.9. The highest BCUT2D eigenvalue weighted by molar-refractivity contribution is 5.77. The van der Waals surface area contributed by atoms with E-state index in [1.54, 1.807) is 0 Å². The maximum atomic E-state index is 12.9. The van der Waals surface area contributed by atoms with Crippen LogP contribution in [-0.2, 0) is 16.1 Å². The molecule has 1 aliphatic heterocycles. The summed E-state index contributed by atoms with van der Waals surface area (Å²) in [6.45, 7) is 8.80. The molecule has 28 heavy (non-hydrogen) atoms. The molecule has 1 heterocycles. The van der Waals surface area contributed by atoms with Gasteiger partial charge >= 0.3 is 0 Å². The number of hydrogen-bond donors (Lipinski definition) is 2. The number of carbonyl (C=O) groups is 1. The van der Waals surface area contributed by atoms with Crippen LogP contribution in [0.2, 0.25) is 0 Å². The summed E-state index contributed by atoms with van der Waals surface area (Å²) in [6, 6.07) is 8.06. The summed E-state index contributed by atoms with van der Waals surface area (Å²) in [6.07, 6.45) is 2.92. The molecule has 1 aromatic rings. The number of nitrogens with zero attached hydrogens (tertiary/aromatic N) is 1. The van der Waals surface area contributed by atoms with Gasteiger partial charge in [-0.1, -0.05) is 36.4 Å². The lowest BCUT2D eigenvalue weighted by Crippen LogP contribution is -2.45. The third-order valence-corrected chi connectivity index (χ3v) is 6.57. The molecule has 3 atom stereocenters. The van der Waals surface area contributed by atoms with Crippen molar-refractivity contribution >= 4 is 5.91 Å². The van der Waals surface area contributed by atoms with Gasteiger partial charge in [-0.05, 0) is 49.1 Å². The zero-order valence-corrected chi connectivity index (χ0v) is 16.9. The minimum atomic E-state index is -0.387. The maximum Gasteiger partial charge on any atom is 0.223 e. The Balaban J connectivity index is 1.80. The number of benzene rings is 1. The molecule has 5 nitrogen and oxygen atoms in total. The number of rotatable bonds is 6. The summed E-state index contributed by atoms with van der Waals surface area (Å²) in [7, 11) is 0. The number of ether oxygens (including phenoxy) is 1. The number of carbonyl (C=O) groups excluding carboxylic acids is 1. The van der Waals surface area contributed by atoms with Crippen LogP contribution in [0.5, 0.6) is 0 Å². The summed E-state index contributed by atoms with van der Waals surface area (Å²) in [5, 5.41) is 19.6. The Morgan fingerprint density at radius 1 is 1.25 bits per heavy atom. The van der Waals surface area contributed by atoms with E-state index in [-0.39, 0.29) is 30.5 Å². The topological polar surface area (TPSA) is 70.0 Å². The molecule has 1 saturated heterocycles. The van der Waals surface area contributed by atoms with E-state index in [1.807, 2.05) is 17.0 Å². The molecule has 0 radical (unpaired) electrons. The van der Waals surface area contributed by atoms with E-state index in [9.17, 15) is 15.0 Å². The third kappa shape index (κ3) is 4.65. The van der Waals surface area contributed by atoms with Crippen molar-refractivity contribution in [1.29, 1.82) is 0 Å². The van der Waals surface area contributed by atoms with Crippen molar-refractivity contribution in [2.75, 3.05) is 32.9 Å². The second-order valence-corrected chi connectivity index (χ2v) is 8.53. The van der Waals surface area contributed by atoms with E-state index in [4.69, 9.17) is 4.74 Å². The molecule has 5 heteroatoms. The van der Waals surface area contributed by atoms with Crippen LogP contribution in [0.1, 0.15) is 49.7 Å². The minimum absolute atomic E-state index is 0.0250. The largest absolute Gasteiger partial charge is 0.396 e. The van der Waals surface area contributed by atoms with Crippen LogP contribution in [-0.4, -0.2) is 53.9 Å². The highest BCUT2D eigenvalue weighted by Crippen LogP contribution is 2.50. The molecule has 0 bridgehead atoms. The number of aliphatic hydroxyl groups is 2.